The normalized spacial score (nSPS) is 11.6. The van der Waals surface area contributed by atoms with Crippen molar-refractivity contribution >= 4 is 131 Å². The Bertz CT molecular complexity index is 10200. The molecule has 0 atom stereocenters. The zero-order chi connectivity index (χ0) is 99.1. The Morgan fingerprint density at radius 3 is 0.487 bits per heavy atom. The molecule has 30 rings (SSSR count). The molecular weight excluding hydrogens is 1810 g/mol. The summed E-state index contributed by atoms with van der Waals surface area (Å²) in [6.45, 7) is 0. The molecule has 0 aliphatic rings. The van der Waals surface area contributed by atoms with Gasteiger partial charge in [-0.2, -0.15) is 0 Å². The summed E-state index contributed by atoms with van der Waals surface area (Å²) in [5, 5.41) is 15.1. The third-order valence-electron chi connectivity index (χ3n) is 30.4. The third kappa shape index (κ3) is 15.3. The van der Waals surface area contributed by atoms with Crippen molar-refractivity contribution in [3.05, 3.63) is 582 Å². The maximum Gasteiger partial charge on any atom is 0.0541 e. The van der Waals surface area contributed by atoms with Crippen LogP contribution in [0.1, 0.15) is 0 Å². The van der Waals surface area contributed by atoms with Crippen LogP contribution in [0.15, 0.2) is 582 Å². The van der Waals surface area contributed by atoms with Crippen molar-refractivity contribution < 1.29 is 0 Å². The molecule has 0 bridgehead atoms. The highest BCUT2D eigenvalue weighted by molar-refractivity contribution is 6.17. The zero-order valence-electron chi connectivity index (χ0n) is 82.1. The van der Waals surface area contributed by atoms with Crippen molar-refractivity contribution in [2.24, 2.45) is 0 Å². The van der Waals surface area contributed by atoms with Crippen molar-refractivity contribution in [1.82, 2.24) is 27.4 Å². The molecule has 702 valence electrons. The Labute approximate surface area is 868 Å². The lowest BCUT2D eigenvalue weighted by molar-refractivity contribution is 1.18. The molecule has 150 heavy (non-hydrogen) atoms. The Balaban J connectivity index is 0.000000108. The van der Waals surface area contributed by atoms with E-state index in [2.05, 4.69) is 610 Å². The Hall–Kier alpha value is -19.9. The standard InChI is InChI=1S/3C48H32N2/c1-3-15-35(16-4-1)49-45-25-13-11-23-41(45)43-31-33(27-29-47(43)49)37-19-7-9-21-39(37)40-22-10-8-20-38(40)34-28-30-48-44(32-34)42-24-12-14-26-46(42)50(48)36-17-5-2-6-18-36;1-3-16-37(17-4-1)49-45-24-11-9-22-41(45)43-31-34(26-28-47(43)49)33-14-13-15-35(30-33)39-20-7-8-21-40(39)36-27-29-48-44(32-36)42-23-10-12-25-46(42)50(48)38-18-5-2-6-19-38;1-3-13-37(14-4-1)49-45-21-11-9-19-41(45)43-31-35(27-29-47(43)49)33-23-25-34(26-24-33)39-17-7-8-18-40(39)36-28-30-48-44(32-36)42-20-10-12-22-46(42)50(48)38-15-5-2-6-16-38/h3*1-32H. The summed E-state index contributed by atoms with van der Waals surface area (Å²) in [5.41, 5.74) is 43.5. The van der Waals surface area contributed by atoms with Crippen LogP contribution in [0.4, 0.5) is 0 Å². The first-order chi connectivity index (χ1) is 74.5. The summed E-state index contributed by atoms with van der Waals surface area (Å²) in [5.74, 6) is 0. The molecule has 30 aromatic rings. The molecule has 0 fully saturated rings. The monoisotopic (exact) mass is 1910 g/mol. The van der Waals surface area contributed by atoms with E-state index in [-0.39, 0.29) is 0 Å². The van der Waals surface area contributed by atoms with Gasteiger partial charge in [-0.15, -0.1) is 0 Å². The van der Waals surface area contributed by atoms with Gasteiger partial charge in [-0.1, -0.05) is 394 Å². The van der Waals surface area contributed by atoms with E-state index in [0.717, 1.165) is 0 Å². The van der Waals surface area contributed by atoms with E-state index in [9.17, 15) is 0 Å². The van der Waals surface area contributed by atoms with E-state index >= 15 is 0 Å². The summed E-state index contributed by atoms with van der Waals surface area (Å²) in [6, 6.07) is 211. The fourth-order valence-electron chi connectivity index (χ4n) is 23.6. The number of hydrogen-bond donors (Lipinski definition) is 0. The van der Waals surface area contributed by atoms with E-state index < -0.39 is 0 Å². The van der Waals surface area contributed by atoms with Crippen LogP contribution in [0.2, 0.25) is 0 Å². The molecular formula is C144H96N6. The fraction of sp³-hybridized carbons (Fsp3) is 0. The molecule has 0 spiro atoms. The minimum absolute atomic E-state index is 1.17. The Morgan fingerprint density at radius 2 is 0.233 bits per heavy atom. The SMILES string of the molecule is c1ccc(-n2c3ccccc3c3cc(-c4ccc(-c5ccccc5-c5ccc6c(c5)c5ccccc5n6-c5ccccc5)cc4)ccc32)cc1.c1ccc(-n2c3ccccc3c3cc(-c4cccc(-c5ccccc5-c5ccc6c(c5)c5ccccc5n6-c5ccccc5)c4)ccc32)cc1.c1ccc(-n2c3ccccc3c3cc(-c4ccccc4-c4ccccc4-c4ccc5c(c4)c4ccccc4n5-c4ccccc4)ccc32)cc1. The summed E-state index contributed by atoms with van der Waals surface area (Å²) < 4.78 is 14.2. The predicted molar refractivity (Wildman–Crippen MR) is 634 cm³/mol. The first kappa shape index (κ1) is 87.8. The van der Waals surface area contributed by atoms with Crippen LogP contribution in [0, 0.1) is 0 Å². The Morgan fingerprint density at radius 1 is 0.0800 bits per heavy atom. The maximum absolute atomic E-state index is 2.38. The molecule has 0 saturated carbocycles. The quantitative estimate of drug-likeness (QED) is 0.0979. The highest BCUT2D eigenvalue weighted by atomic mass is 15.0. The van der Waals surface area contributed by atoms with Crippen molar-refractivity contribution in [2.75, 3.05) is 0 Å². The summed E-state index contributed by atoms with van der Waals surface area (Å²) in [4.78, 5) is 0. The fourth-order valence-corrected chi connectivity index (χ4v) is 23.6. The smallest absolute Gasteiger partial charge is 0.0541 e. The van der Waals surface area contributed by atoms with Crippen molar-refractivity contribution in [3.63, 3.8) is 0 Å². The molecule has 6 heteroatoms. The molecule has 0 unspecified atom stereocenters. The summed E-state index contributed by atoms with van der Waals surface area (Å²) >= 11 is 0. The number of fused-ring (bicyclic) bond motifs is 18. The van der Waals surface area contributed by atoms with Gasteiger partial charge in [-0.25, -0.2) is 0 Å². The second kappa shape index (κ2) is 37.4. The maximum atomic E-state index is 2.38. The van der Waals surface area contributed by atoms with Gasteiger partial charge in [0.05, 0.1) is 66.2 Å². The van der Waals surface area contributed by atoms with Crippen molar-refractivity contribution in [3.8, 4) is 134 Å². The molecule has 0 amide bonds. The second-order valence-corrected chi connectivity index (χ2v) is 38.9. The molecule has 0 saturated heterocycles. The predicted octanol–water partition coefficient (Wildman–Crippen LogP) is 38.6. The molecule has 6 heterocycles. The van der Waals surface area contributed by atoms with Crippen LogP contribution in [-0.4, -0.2) is 27.4 Å². The van der Waals surface area contributed by atoms with Crippen molar-refractivity contribution in [1.29, 1.82) is 0 Å². The van der Waals surface area contributed by atoms with E-state index in [1.807, 2.05) is 0 Å². The summed E-state index contributed by atoms with van der Waals surface area (Å²) in [7, 11) is 0. The minimum Gasteiger partial charge on any atom is -0.309 e. The van der Waals surface area contributed by atoms with Crippen LogP contribution < -0.4 is 0 Å². The number of benzene rings is 24. The number of hydrogen-bond acceptors (Lipinski definition) is 0. The molecule has 0 aliphatic carbocycles. The minimum atomic E-state index is 1.17. The number of rotatable bonds is 15. The second-order valence-electron chi connectivity index (χ2n) is 38.9. The number of nitrogens with zero attached hydrogens (tertiary/aromatic N) is 6. The highest BCUT2D eigenvalue weighted by Crippen LogP contribution is 2.48. The first-order valence-corrected chi connectivity index (χ1v) is 51.6. The van der Waals surface area contributed by atoms with Gasteiger partial charge in [0.25, 0.3) is 0 Å². The van der Waals surface area contributed by atoms with Crippen molar-refractivity contribution in [2.45, 2.75) is 0 Å². The molecule has 0 N–H and O–H groups in total. The van der Waals surface area contributed by atoms with Crippen LogP contribution in [0.25, 0.3) is 265 Å². The van der Waals surface area contributed by atoms with E-state index in [1.165, 1.54) is 265 Å². The van der Waals surface area contributed by atoms with Gasteiger partial charge < -0.3 is 27.4 Å². The van der Waals surface area contributed by atoms with Crippen LogP contribution >= 0.6 is 0 Å². The van der Waals surface area contributed by atoms with Crippen LogP contribution in [0.3, 0.4) is 0 Å². The van der Waals surface area contributed by atoms with E-state index in [1.54, 1.807) is 0 Å². The number of para-hydroxylation sites is 12. The lowest BCUT2D eigenvalue weighted by atomic mass is 9.89. The van der Waals surface area contributed by atoms with Crippen LogP contribution in [0.5, 0.6) is 0 Å². The summed E-state index contributed by atoms with van der Waals surface area (Å²) in [6.07, 6.45) is 0. The number of aromatic nitrogens is 6. The van der Waals surface area contributed by atoms with Gasteiger partial charge in [0.1, 0.15) is 0 Å². The highest BCUT2D eigenvalue weighted by Gasteiger charge is 2.25. The molecule has 0 aliphatic heterocycles. The Kier molecular flexibility index (Phi) is 21.9. The van der Waals surface area contributed by atoms with E-state index in [0.29, 0.717) is 0 Å². The van der Waals surface area contributed by atoms with Gasteiger partial charge in [0.15, 0.2) is 0 Å². The first-order valence-electron chi connectivity index (χ1n) is 51.6. The van der Waals surface area contributed by atoms with Gasteiger partial charge in [0, 0.05) is 98.8 Å². The third-order valence-corrected chi connectivity index (χ3v) is 30.4. The van der Waals surface area contributed by atoms with Gasteiger partial charge in [-0.3, -0.25) is 0 Å². The topological polar surface area (TPSA) is 29.6 Å². The molecule has 6 aromatic heterocycles. The van der Waals surface area contributed by atoms with Crippen LogP contribution in [-0.2, 0) is 0 Å². The van der Waals surface area contributed by atoms with E-state index in [4.69, 9.17) is 0 Å². The largest absolute Gasteiger partial charge is 0.309 e. The average Bonchev–Trinajstić information content (AvgIpc) is 1.60. The van der Waals surface area contributed by atoms with Gasteiger partial charge >= 0.3 is 0 Å². The van der Waals surface area contributed by atoms with Gasteiger partial charge in [-0.05, 0) is 288 Å². The molecule has 0 radical (unpaired) electrons. The van der Waals surface area contributed by atoms with Gasteiger partial charge in [0.2, 0.25) is 0 Å². The zero-order valence-corrected chi connectivity index (χ0v) is 82.1. The molecule has 24 aromatic carbocycles. The molecule has 6 nitrogen and oxygen atoms in total. The lowest BCUT2D eigenvalue weighted by Crippen LogP contribution is -1.93. The average molecular weight is 1910 g/mol. The lowest BCUT2D eigenvalue weighted by Gasteiger charge is -2.15.